The summed E-state index contributed by atoms with van der Waals surface area (Å²) < 4.78 is 0. The van der Waals surface area contributed by atoms with Crippen molar-refractivity contribution in [2.45, 2.75) is 0 Å². The Balaban J connectivity index is 2.41. The van der Waals surface area contributed by atoms with Crippen LogP contribution in [0, 0.1) is 23.7 Å². The molecule has 0 heterocycles. The molecular weight excluding hydrogens is 188 g/mol. The van der Waals surface area contributed by atoms with Crippen molar-refractivity contribution in [2.75, 3.05) is 0 Å². The molecular formula is C9H8O5. The predicted octanol–water partition coefficient (Wildman–Crippen LogP) is -0.227. The van der Waals surface area contributed by atoms with Gasteiger partial charge >= 0.3 is 11.9 Å². The van der Waals surface area contributed by atoms with E-state index in [-0.39, 0.29) is 5.78 Å². The molecule has 5 heteroatoms. The Morgan fingerprint density at radius 3 is 1.64 bits per heavy atom. The molecule has 1 saturated carbocycles. The maximum absolute atomic E-state index is 11.4. The van der Waals surface area contributed by atoms with Crippen LogP contribution in [0.2, 0.25) is 0 Å². The Labute approximate surface area is 79.0 Å². The van der Waals surface area contributed by atoms with E-state index in [1.807, 2.05) is 0 Å². The molecule has 2 bridgehead atoms. The van der Waals surface area contributed by atoms with E-state index in [4.69, 9.17) is 10.2 Å². The van der Waals surface area contributed by atoms with Crippen molar-refractivity contribution in [2.24, 2.45) is 23.7 Å². The zero-order valence-electron chi connectivity index (χ0n) is 7.08. The molecule has 0 saturated heterocycles. The Morgan fingerprint density at radius 1 is 1.00 bits per heavy atom. The summed E-state index contributed by atoms with van der Waals surface area (Å²) in [6.45, 7) is 0. The number of carbonyl (C=O) groups is 3. The van der Waals surface area contributed by atoms with Crippen LogP contribution in [0.1, 0.15) is 0 Å². The maximum Gasteiger partial charge on any atom is 0.308 e. The molecule has 74 valence electrons. The third-order valence-corrected chi connectivity index (χ3v) is 2.91. The Kier molecular flexibility index (Phi) is 1.70. The summed E-state index contributed by atoms with van der Waals surface area (Å²) in [7, 11) is 0. The number of allylic oxidation sites excluding steroid dienone is 2. The minimum Gasteiger partial charge on any atom is -0.481 e. The summed E-state index contributed by atoms with van der Waals surface area (Å²) in [5, 5.41) is 17.6. The first-order valence-corrected chi connectivity index (χ1v) is 4.21. The summed E-state index contributed by atoms with van der Waals surface area (Å²) >= 11 is 0. The van der Waals surface area contributed by atoms with Gasteiger partial charge in [0.1, 0.15) is 5.78 Å². The van der Waals surface area contributed by atoms with Crippen molar-refractivity contribution in [3.05, 3.63) is 12.2 Å². The number of hydrogen-bond donors (Lipinski definition) is 2. The zero-order valence-corrected chi connectivity index (χ0v) is 7.08. The van der Waals surface area contributed by atoms with Crippen molar-refractivity contribution in [3.8, 4) is 0 Å². The summed E-state index contributed by atoms with van der Waals surface area (Å²) in [5.41, 5.74) is 0. The quantitative estimate of drug-likeness (QED) is 0.595. The fourth-order valence-electron chi connectivity index (χ4n) is 2.31. The summed E-state index contributed by atoms with van der Waals surface area (Å²) in [5.74, 6) is -6.34. The lowest BCUT2D eigenvalue weighted by atomic mass is 9.83. The second-order valence-electron chi connectivity index (χ2n) is 3.57. The van der Waals surface area contributed by atoms with Crippen LogP contribution >= 0.6 is 0 Å². The van der Waals surface area contributed by atoms with Gasteiger partial charge in [0.25, 0.3) is 0 Å². The Bertz CT molecular complexity index is 324. The van der Waals surface area contributed by atoms with Crippen LogP contribution in [0.15, 0.2) is 12.2 Å². The van der Waals surface area contributed by atoms with Gasteiger partial charge in [-0.15, -0.1) is 0 Å². The first kappa shape index (κ1) is 8.93. The molecule has 4 unspecified atom stereocenters. The van der Waals surface area contributed by atoms with Crippen molar-refractivity contribution >= 4 is 17.7 Å². The zero-order chi connectivity index (χ0) is 10.5. The highest BCUT2D eigenvalue weighted by Crippen LogP contribution is 2.45. The largest absolute Gasteiger partial charge is 0.481 e. The first-order chi connectivity index (χ1) is 6.54. The van der Waals surface area contributed by atoms with Gasteiger partial charge in [-0.2, -0.15) is 0 Å². The number of Topliss-reactive ketones (excluding diaryl/α,β-unsaturated/α-hetero) is 1. The average Bonchev–Trinajstić information content (AvgIpc) is 2.58. The number of hydrogen-bond acceptors (Lipinski definition) is 3. The maximum atomic E-state index is 11.4. The third-order valence-electron chi connectivity index (χ3n) is 2.91. The van der Waals surface area contributed by atoms with Crippen molar-refractivity contribution in [1.29, 1.82) is 0 Å². The van der Waals surface area contributed by atoms with Crippen LogP contribution in [-0.2, 0) is 14.4 Å². The number of carbonyl (C=O) groups excluding carboxylic acids is 1. The van der Waals surface area contributed by atoms with Gasteiger partial charge in [-0.3, -0.25) is 14.4 Å². The van der Waals surface area contributed by atoms with Crippen LogP contribution in [0.3, 0.4) is 0 Å². The third kappa shape index (κ3) is 0.921. The number of aliphatic carboxylic acids is 2. The Hall–Kier alpha value is -1.65. The lowest BCUT2D eigenvalue weighted by Crippen LogP contribution is -2.32. The number of carboxylic acids is 2. The predicted molar refractivity (Wildman–Crippen MR) is 43.4 cm³/mol. The van der Waals surface area contributed by atoms with E-state index in [1.54, 1.807) is 0 Å². The minimum atomic E-state index is -1.21. The molecule has 5 nitrogen and oxygen atoms in total. The molecule has 0 aromatic heterocycles. The van der Waals surface area contributed by atoms with Crippen molar-refractivity contribution in [3.63, 3.8) is 0 Å². The van der Waals surface area contributed by atoms with Gasteiger partial charge in [-0.05, 0) is 0 Å². The highest BCUT2D eigenvalue weighted by Gasteiger charge is 2.57. The fraction of sp³-hybridized carbons (Fsp3) is 0.444. The average molecular weight is 196 g/mol. The number of ketones is 1. The molecule has 0 aliphatic heterocycles. The highest BCUT2D eigenvalue weighted by molar-refractivity contribution is 6.01. The second-order valence-corrected chi connectivity index (χ2v) is 3.57. The summed E-state index contributed by atoms with van der Waals surface area (Å²) in [4.78, 5) is 33.0. The molecule has 4 atom stereocenters. The molecule has 0 radical (unpaired) electrons. The summed E-state index contributed by atoms with van der Waals surface area (Å²) in [6.07, 6.45) is 3.01. The van der Waals surface area contributed by atoms with E-state index in [2.05, 4.69) is 0 Å². The normalized spacial score (nSPS) is 39.0. The first-order valence-electron chi connectivity index (χ1n) is 4.21. The molecule has 14 heavy (non-hydrogen) atoms. The van der Waals surface area contributed by atoms with Crippen LogP contribution in [-0.4, -0.2) is 27.9 Å². The van der Waals surface area contributed by atoms with E-state index in [0.717, 1.165) is 0 Å². The molecule has 0 spiro atoms. The number of fused-ring (bicyclic) bond motifs is 2. The molecule has 1 fully saturated rings. The fourth-order valence-corrected chi connectivity index (χ4v) is 2.31. The lowest BCUT2D eigenvalue weighted by Gasteiger charge is -2.18. The second kappa shape index (κ2) is 2.67. The monoisotopic (exact) mass is 196 g/mol. The van der Waals surface area contributed by atoms with Gasteiger partial charge < -0.3 is 10.2 Å². The van der Waals surface area contributed by atoms with Crippen LogP contribution < -0.4 is 0 Å². The Morgan fingerprint density at radius 2 is 1.36 bits per heavy atom. The van der Waals surface area contributed by atoms with E-state index in [1.165, 1.54) is 12.2 Å². The van der Waals surface area contributed by atoms with E-state index in [0.29, 0.717) is 0 Å². The van der Waals surface area contributed by atoms with E-state index >= 15 is 0 Å². The van der Waals surface area contributed by atoms with E-state index < -0.39 is 35.6 Å². The van der Waals surface area contributed by atoms with Gasteiger partial charge in [0, 0.05) is 0 Å². The number of rotatable bonds is 2. The van der Waals surface area contributed by atoms with Crippen LogP contribution in [0.5, 0.6) is 0 Å². The highest BCUT2D eigenvalue weighted by atomic mass is 16.4. The topological polar surface area (TPSA) is 91.7 Å². The van der Waals surface area contributed by atoms with Gasteiger partial charge in [0.15, 0.2) is 0 Å². The lowest BCUT2D eigenvalue weighted by molar-refractivity contribution is -0.154. The SMILES string of the molecule is O=C1C2C=CC1C(C(=O)O)C2C(=O)O. The number of carboxylic acid groups (broad SMARTS) is 2. The molecule has 2 N–H and O–H groups in total. The summed E-state index contributed by atoms with van der Waals surface area (Å²) in [6, 6.07) is 0. The van der Waals surface area contributed by atoms with E-state index in [9.17, 15) is 14.4 Å². The standard InChI is InChI=1S/C9H8O5/c10-7-3-1-2-4(7)6(9(13)14)5(3)8(11)12/h1-6H,(H,11,12)(H,13,14). The van der Waals surface area contributed by atoms with Gasteiger partial charge in [0.2, 0.25) is 0 Å². The smallest absolute Gasteiger partial charge is 0.308 e. The van der Waals surface area contributed by atoms with Gasteiger partial charge in [-0.25, -0.2) is 0 Å². The van der Waals surface area contributed by atoms with Crippen molar-refractivity contribution < 1.29 is 24.6 Å². The van der Waals surface area contributed by atoms with Gasteiger partial charge in [-0.1, -0.05) is 12.2 Å². The molecule has 0 amide bonds. The van der Waals surface area contributed by atoms with Crippen molar-refractivity contribution in [1.82, 2.24) is 0 Å². The minimum absolute atomic E-state index is 0.273. The molecule has 0 aromatic rings. The molecule has 2 aliphatic rings. The molecule has 2 rings (SSSR count). The molecule has 0 aromatic carbocycles. The van der Waals surface area contributed by atoms with Crippen LogP contribution in [0.4, 0.5) is 0 Å². The van der Waals surface area contributed by atoms with Gasteiger partial charge in [0.05, 0.1) is 23.7 Å². The van der Waals surface area contributed by atoms with Crippen LogP contribution in [0.25, 0.3) is 0 Å². The molecule has 2 aliphatic carbocycles.